The summed E-state index contributed by atoms with van der Waals surface area (Å²) in [6.07, 6.45) is 1.21. The number of nitrogens with one attached hydrogen (secondary N) is 1. The number of hydrogen-bond donors (Lipinski definition) is 1. The number of nitrogens with zero attached hydrogens (tertiary/aromatic N) is 2. The number of amides is 1. The molecule has 134 valence electrons. The van der Waals surface area contributed by atoms with Crippen molar-refractivity contribution in [1.29, 1.82) is 0 Å². The number of rotatable bonds is 8. The van der Waals surface area contributed by atoms with Crippen LogP contribution in [0.15, 0.2) is 52.1 Å². The Morgan fingerprint density at radius 3 is 2.77 bits per heavy atom. The summed E-state index contributed by atoms with van der Waals surface area (Å²) < 4.78 is 0. The standard InChI is InChI=1S/C17H15N3O3S3/c21-16(7-4-8-24-13-5-2-1-3-6-13)19-17-18-14(11-26-17)15-9-12(10-25-15)20(22)23/h1-3,5-6,9-11H,4,7-8H2,(H,18,19,21). The van der Waals surface area contributed by atoms with Gasteiger partial charge in [-0.1, -0.05) is 18.2 Å². The number of carbonyl (C=O) groups excluding carboxylic acids is 1. The maximum atomic E-state index is 12.0. The van der Waals surface area contributed by atoms with Crippen molar-refractivity contribution < 1.29 is 9.72 Å². The molecule has 0 saturated heterocycles. The fourth-order valence-corrected chi connectivity index (χ4v) is 4.61. The summed E-state index contributed by atoms with van der Waals surface area (Å²) in [7, 11) is 0. The quantitative estimate of drug-likeness (QED) is 0.238. The molecule has 0 unspecified atom stereocenters. The second-order valence-electron chi connectivity index (χ2n) is 5.28. The smallest absolute Gasteiger partial charge is 0.280 e. The summed E-state index contributed by atoms with van der Waals surface area (Å²) in [5.41, 5.74) is 0.697. The lowest BCUT2D eigenvalue weighted by molar-refractivity contribution is -0.384. The average molecular weight is 406 g/mol. The Morgan fingerprint density at radius 1 is 1.23 bits per heavy atom. The van der Waals surface area contributed by atoms with E-state index in [0.717, 1.165) is 12.2 Å². The number of aromatic nitrogens is 1. The number of thiazole rings is 1. The van der Waals surface area contributed by atoms with Gasteiger partial charge in [0.05, 0.1) is 20.9 Å². The van der Waals surface area contributed by atoms with Gasteiger partial charge in [-0.25, -0.2) is 4.98 Å². The number of anilines is 1. The van der Waals surface area contributed by atoms with Gasteiger partial charge in [0.15, 0.2) is 5.13 Å². The molecule has 0 spiro atoms. The minimum atomic E-state index is -0.428. The van der Waals surface area contributed by atoms with Crippen LogP contribution in [0.5, 0.6) is 0 Å². The number of carbonyl (C=O) groups is 1. The second kappa shape index (κ2) is 8.93. The lowest BCUT2D eigenvalue weighted by Crippen LogP contribution is -2.11. The van der Waals surface area contributed by atoms with E-state index in [-0.39, 0.29) is 11.6 Å². The van der Waals surface area contributed by atoms with Crippen LogP contribution in [0.25, 0.3) is 10.6 Å². The lowest BCUT2D eigenvalue weighted by atomic mass is 10.3. The predicted molar refractivity (Wildman–Crippen MR) is 107 cm³/mol. The van der Waals surface area contributed by atoms with Gasteiger partial charge in [0.1, 0.15) is 0 Å². The average Bonchev–Trinajstić information content (AvgIpc) is 3.29. The number of nitro groups is 1. The highest BCUT2D eigenvalue weighted by Gasteiger charge is 2.14. The maximum Gasteiger partial charge on any atom is 0.280 e. The first-order valence-electron chi connectivity index (χ1n) is 7.78. The molecule has 1 aromatic carbocycles. The normalized spacial score (nSPS) is 10.6. The van der Waals surface area contributed by atoms with E-state index in [1.807, 2.05) is 18.2 Å². The Hall–Kier alpha value is -2.23. The number of benzene rings is 1. The summed E-state index contributed by atoms with van der Waals surface area (Å²) >= 11 is 4.31. The van der Waals surface area contributed by atoms with Crippen molar-refractivity contribution in [3.05, 3.63) is 57.3 Å². The van der Waals surface area contributed by atoms with Gasteiger partial charge in [-0.3, -0.25) is 14.9 Å². The molecule has 0 aliphatic rings. The fourth-order valence-electron chi connectivity index (χ4n) is 2.12. The van der Waals surface area contributed by atoms with Crippen LogP contribution in [0.3, 0.4) is 0 Å². The van der Waals surface area contributed by atoms with Crippen molar-refractivity contribution in [2.24, 2.45) is 0 Å². The van der Waals surface area contributed by atoms with E-state index >= 15 is 0 Å². The zero-order chi connectivity index (χ0) is 18.4. The Bertz CT molecular complexity index is 893. The Kier molecular flexibility index (Phi) is 6.37. The van der Waals surface area contributed by atoms with Gasteiger partial charge >= 0.3 is 0 Å². The highest BCUT2D eigenvalue weighted by Crippen LogP contribution is 2.32. The Labute approximate surface area is 162 Å². The minimum absolute atomic E-state index is 0.0551. The summed E-state index contributed by atoms with van der Waals surface area (Å²) in [5, 5.41) is 17.3. The molecule has 0 aliphatic carbocycles. The molecule has 1 N–H and O–H groups in total. The van der Waals surface area contributed by atoms with Crippen molar-refractivity contribution in [2.45, 2.75) is 17.7 Å². The molecule has 26 heavy (non-hydrogen) atoms. The van der Waals surface area contributed by atoms with Gasteiger partial charge in [0, 0.05) is 22.8 Å². The summed E-state index contributed by atoms with van der Waals surface area (Å²) in [5.74, 6) is 0.802. The molecule has 0 bridgehead atoms. The maximum absolute atomic E-state index is 12.0. The van der Waals surface area contributed by atoms with Crippen molar-refractivity contribution in [3.8, 4) is 10.6 Å². The molecule has 6 nitrogen and oxygen atoms in total. The van der Waals surface area contributed by atoms with Gasteiger partial charge in [0.25, 0.3) is 5.69 Å². The van der Waals surface area contributed by atoms with Crippen molar-refractivity contribution in [1.82, 2.24) is 4.98 Å². The van der Waals surface area contributed by atoms with Crippen LogP contribution in [0.2, 0.25) is 0 Å². The van der Waals surface area contributed by atoms with E-state index in [4.69, 9.17) is 0 Å². The molecule has 0 fully saturated rings. The molecule has 0 atom stereocenters. The summed E-state index contributed by atoms with van der Waals surface area (Å²) in [6, 6.07) is 11.6. The number of hydrogen-bond acceptors (Lipinski definition) is 7. The van der Waals surface area contributed by atoms with Gasteiger partial charge in [0.2, 0.25) is 5.91 Å². The predicted octanol–water partition coefficient (Wildman–Crippen LogP) is 5.29. The van der Waals surface area contributed by atoms with E-state index in [1.54, 1.807) is 17.1 Å². The summed E-state index contributed by atoms with van der Waals surface area (Å²) in [6.45, 7) is 0. The third-order valence-electron chi connectivity index (χ3n) is 3.36. The molecule has 0 radical (unpaired) electrons. The topological polar surface area (TPSA) is 85.1 Å². The number of thiophene rings is 1. The largest absolute Gasteiger partial charge is 0.302 e. The fraction of sp³-hybridized carbons (Fsp3) is 0.176. The lowest BCUT2D eigenvalue weighted by Gasteiger charge is -2.02. The molecule has 2 aromatic heterocycles. The van der Waals surface area contributed by atoms with E-state index in [1.165, 1.54) is 39.0 Å². The van der Waals surface area contributed by atoms with E-state index in [0.29, 0.717) is 22.1 Å². The third-order valence-corrected chi connectivity index (χ3v) is 6.16. The third kappa shape index (κ3) is 5.13. The van der Waals surface area contributed by atoms with Crippen molar-refractivity contribution in [3.63, 3.8) is 0 Å². The Balaban J connectivity index is 1.46. The van der Waals surface area contributed by atoms with Crippen LogP contribution in [0.4, 0.5) is 10.8 Å². The van der Waals surface area contributed by atoms with Crippen molar-refractivity contribution >= 4 is 51.2 Å². The van der Waals surface area contributed by atoms with Crippen LogP contribution in [0.1, 0.15) is 12.8 Å². The molecule has 3 aromatic rings. The second-order valence-corrected chi connectivity index (χ2v) is 8.22. The van der Waals surface area contributed by atoms with Crippen LogP contribution >= 0.6 is 34.4 Å². The monoisotopic (exact) mass is 405 g/mol. The SMILES string of the molecule is O=C(CCCSc1ccccc1)Nc1nc(-c2cc([N+](=O)[O-])cs2)cs1. The van der Waals surface area contributed by atoms with Crippen LogP contribution in [0, 0.1) is 10.1 Å². The molecular weight excluding hydrogens is 390 g/mol. The molecule has 0 saturated carbocycles. The highest BCUT2D eigenvalue weighted by molar-refractivity contribution is 7.99. The van der Waals surface area contributed by atoms with E-state index < -0.39 is 4.92 Å². The van der Waals surface area contributed by atoms with Crippen LogP contribution in [-0.4, -0.2) is 21.6 Å². The van der Waals surface area contributed by atoms with Crippen molar-refractivity contribution in [2.75, 3.05) is 11.1 Å². The molecular formula is C17H15N3O3S3. The van der Waals surface area contributed by atoms with E-state index in [2.05, 4.69) is 22.4 Å². The first-order valence-corrected chi connectivity index (χ1v) is 10.5. The number of thioether (sulfide) groups is 1. The van der Waals surface area contributed by atoms with Gasteiger partial charge in [-0.15, -0.1) is 34.4 Å². The summed E-state index contributed by atoms with van der Waals surface area (Å²) in [4.78, 5) is 28.6. The van der Waals surface area contributed by atoms with Crippen LogP contribution < -0.4 is 5.32 Å². The van der Waals surface area contributed by atoms with E-state index in [9.17, 15) is 14.9 Å². The Morgan fingerprint density at radius 2 is 2.04 bits per heavy atom. The zero-order valence-corrected chi connectivity index (χ0v) is 16.0. The first kappa shape index (κ1) is 18.6. The minimum Gasteiger partial charge on any atom is -0.302 e. The molecule has 3 rings (SSSR count). The molecule has 1 amide bonds. The van der Waals surface area contributed by atoms with Gasteiger partial charge < -0.3 is 5.32 Å². The molecule has 2 heterocycles. The van der Waals surface area contributed by atoms with Gasteiger partial charge in [-0.05, 0) is 24.3 Å². The highest BCUT2D eigenvalue weighted by atomic mass is 32.2. The first-order chi connectivity index (χ1) is 12.6. The molecule has 0 aliphatic heterocycles. The van der Waals surface area contributed by atoms with Gasteiger partial charge in [-0.2, -0.15) is 0 Å². The van der Waals surface area contributed by atoms with Crippen LogP contribution in [-0.2, 0) is 4.79 Å². The zero-order valence-electron chi connectivity index (χ0n) is 13.6. The molecule has 9 heteroatoms.